The SMILES string of the molecule is CCC1CCC(n2c(=O)[nH]c(Cl)c(C)c2=O)CC1. The van der Waals surface area contributed by atoms with Crippen LogP contribution in [0.5, 0.6) is 0 Å². The molecule has 5 heteroatoms. The first-order valence-electron chi connectivity index (χ1n) is 6.55. The van der Waals surface area contributed by atoms with Crippen molar-refractivity contribution in [2.24, 2.45) is 5.92 Å². The number of aromatic nitrogens is 2. The molecule has 0 unspecified atom stereocenters. The van der Waals surface area contributed by atoms with Gasteiger partial charge in [0, 0.05) is 11.6 Å². The van der Waals surface area contributed by atoms with Gasteiger partial charge in [-0.1, -0.05) is 24.9 Å². The summed E-state index contributed by atoms with van der Waals surface area (Å²) in [6, 6.07) is 0.0278. The van der Waals surface area contributed by atoms with Crippen LogP contribution in [0.2, 0.25) is 5.15 Å². The second-order valence-electron chi connectivity index (χ2n) is 5.13. The number of nitrogens with one attached hydrogen (secondary N) is 1. The quantitative estimate of drug-likeness (QED) is 0.840. The van der Waals surface area contributed by atoms with E-state index < -0.39 is 0 Å². The Balaban J connectivity index is 2.33. The van der Waals surface area contributed by atoms with E-state index in [1.807, 2.05) is 0 Å². The van der Waals surface area contributed by atoms with Crippen LogP contribution in [0.4, 0.5) is 0 Å². The topological polar surface area (TPSA) is 54.9 Å². The predicted octanol–water partition coefficient (Wildman–Crippen LogP) is 2.64. The molecule has 1 aliphatic rings. The van der Waals surface area contributed by atoms with Crippen molar-refractivity contribution in [1.29, 1.82) is 0 Å². The Morgan fingerprint density at radius 1 is 1.28 bits per heavy atom. The molecule has 4 nitrogen and oxygen atoms in total. The monoisotopic (exact) mass is 270 g/mol. The lowest BCUT2D eigenvalue weighted by Gasteiger charge is -2.28. The van der Waals surface area contributed by atoms with E-state index in [9.17, 15) is 9.59 Å². The van der Waals surface area contributed by atoms with Gasteiger partial charge in [-0.2, -0.15) is 0 Å². The number of hydrogen-bond acceptors (Lipinski definition) is 2. The highest BCUT2D eigenvalue weighted by molar-refractivity contribution is 6.30. The van der Waals surface area contributed by atoms with Gasteiger partial charge >= 0.3 is 5.69 Å². The van der Waals surface area contributed by atoms with E-state index >= 15 is 0 Å². The first kappa shape index (κ1) is 13.4. The molecule has 100 valence electrons. The zero-order valence-electron chi connectivity index (χ0n) is 10.8. The lowest BCUT2D eigenvalue weighted by Crippen LogP contribution is -2.40. The summed E-state index contributed by atoms with van der Waals surface area (Å²) in [6.45, 7) is 3.84. The van der Waals surface area contributed by atoms with Crippen molar-refractivity contribution in [2.75, 3.05) is 0 Å². The van der Waals surface area contributed by atoms with Crippen LogP contribution in [-0.2, 0) is 0 Å². The lowest BCUT2D eigenvalue weighted by atomic mass is 9.84. The molecule has 0 radical (unpaired) electrons. The highest BCUT2D eigenvalue weighted by Gasteiger charge is 2.24. The summed E-state index contributed by atoms with van der Waals surface area (Å²) in [4.78, 5) is 26.5. The van der Waals surface area contributed by atoms with Gasteiger partial charge in [0.25, 0.3) is 5.56 Å². The maximum absolute atomic E-state index is 12.1. The van der Waals surface area contributed by atoms with Crippen LogP contribution in [0.1, 0.15) is 50.6 Å². The van der Waals surface area contributed by atoms with Crippen LogP contribution in [0.3, 0.4) is 0 Å². The van der Waals surface area contributed by atoms with E-state index in [1.165, 1.54) is 11.0 Å². The number of rotatable bonds is 2. The molecular formula is C13H19ClN2O2. The standard InChI is InChI=1S/C13H19ClN2O2/c1-3-9-4-6-10(7-5-9)16-12(17)8(2)11(14)15-13(16)18/h9-10H,3-7H2,1-2H3,(H,15,18). The van der Waals surface area contributed by atoms with Crippen LogP contribution < -0.4 is 11.2 Å². The van der Waals surface area contributed by atoms with E-state index in [4.69, 9.17) is 11.6 Å². The molecule has 0 amide bonds. The van der Waals surface area contributed by atoms with Gasteiger partial charge < -0.3 is 0 Å². The molecule has 0 aliphatic heterocycles. The van der Waals surface area contributed by atoms with Crippen molar-refractivity contribution >= 4 is 11.6 Å². The summed E-state index contributed by atoms with van der Waals surface area (Å²) in [5, 5.41) is 0.156. The maximum atomic E-state index is 12.1. The fourth-order valence-corrected chi connectivity index (χ4v) is 2.92. The van der Waals surface area contributed by atoms with Crippen molar-refractivity contribution in [3.8, 4) is 0 Å². The average Bonchev–Trinajstić information content (AvgIpc) is 2.37. The smallest absolute Gasteiger partial charge is 0.297 e. The van der Waals surface area contributed by atoms with Crippen LogP contribution in [0, 0.1) is 12.8 Å². The second kappa shape index (κ2) is 5.31. The Kier molecular flexibility index (Phi) is 3.95. The Labute approximate surface area is 111 Å². The summed E-state index contributed by atoms with van der Waals surface area (Å²) < 4.78 is 1.35. The zero-order valence-corrected chi connectivity index (χ0v) is 11.6. The molecule has 1 aromatic rings. The fraction of sp³-hybridized carbons (Fsp3) is 0.692. The van der Waals surface area contributed by atoms with Crippen LogP contribution >= 0.6 is 11.6 Å². The van der Waals surface area contributed by atoms with Gasteiger partial charge in [0.15, 0.2) is 0 Å². The Morgan fingerprint density at radius 3 is 2.44 bits per heavy atom. The third-order valence-electron chi connectivity index (χ3n) is 4.06. The van der Waals surface area contributed by atoms with Gasteiger partial charge in [0.2, 0.25) is 0 Å². The van der Waals surface area contributed by atoms with Gasteiger partial charge in [-0.05, 0) is 38.5 Å². The summed E-state index contributed by atoms with van der Waals surface area (Å²) in [5.74, 6) is 0.740. The summed E-state index contributed by atoms with van der Waals surface area (Å²) in [5.41, 5.74) is -0.201. The molecule has 0 spiro atoms. The second-order valence-corrected chi connectivity index (χ2v) is 5.51. The van der Waals surface area contributed by atoms with Crippen molar-refractivity contribution in [1.82, 2.24) is 9.55 Å². The first-order valence-corrected chi connectivity index (χ1v) is 6.93. The van der Waals surface area contributed by atoms with Crippen molar-refractivity contribution < 1.29 is 0 Å². The lowest BCUT2D eigenvalue weighted by molar-refractivity contribution is 0.260. The van der Waals surface area contributed by atoms with Gasteiger partial charge in [-0.3, -0.25) is 14.3 Å². The van der Waals surface area contributed by atoms with Gasteiger partial charge in [0.05, 0.1) is 0 Å². The number of aromatic amines is 1. The zero-order chi connectivity index (χ0) is 13.3. The van der Waals surface area contributed by atoms with E-state index in [2.05, 4.69) is 11.9 Å². The van der Waals surface area contributed by atoms with Crippen molar-refractivity contribution in [2.45, 2.75) is 52.0 Å². The van der Waals surface area contributed by atoms with Crippen LogP contribution in [0.15, 0.2) is 9.59 Å². The Bertz CT molecular complexity index is 539. The molecule has 1 N–H and O–H groups in total. The molecule has 1 fully saturated rings. The number of nitrogens with zero attached hydrogens (tertiary/aromatic N) is 1. The molecule has 0 atom stereocenters. The summed E-state index contributed by atoms with van der Waals surface area (Å²) in [7, 11) is 0. The van der Waals surface area contributed by atoms with E-state index in [-0.39, 0.29) is 22.4 Å². The molecule has 0 bridgehead atoms. The minimum Gasteiger partial charge on any atom is -0.297 e. The first-order chi connectivity index (χ1) is 8.54. The number of hydrogen-bond donors (Lipinski definition) is 1. The molecule has 0 aromatic carbocycles. The van der Waals surface area contributed by atoms with Crippen LogP contribution in [0.25, 0.3) is 0 Å². The molecular weight excluding hydrogens is 252 g/mol. The highest BCUT2D eigenvalue weighted by Crippen LogP contribution is 2.32. The van der Waals surface area contributed by atoms with Gasteiger partial charge in [-0.15, -0.1) is 0 Å². The minimum atomic E-state index is -0.379. The molecule has 0 saturated heterocycles. The Hall–Kier alpha value is -1.03. The molecule has 1 heterocycles. The molecule has 1 aromatic heterocycles. The van der Waals surface area contributed by atoms with Gasteiger partial charge in [-0.25, -0.2) is 4.79 Å². The largest absolute Gasteiger partial charge is 0.329 e. The normalized spacial score (nSPS) is 24.2. The van der Waals surface area contributed by atoms with Gasteiger partial charge in [0.1, 0.15) is 5.15 Å². The number of H-pyrrole nitrogens is 1. The van der Waals surface area contributed by atoms with Crippen molar-refractivity contribution in [3.63, 3.8) is 0 Å². The van der Waals surface area contributed by atoms with Crippen LogP contribution in [-0.4, -0.2) is 9.55 Å². The number of halogens is 1. The molecule has 1 saturated carbocycles. The predicted molar refractivity (Wildman–Crippen MR) is 72.4 cm³/mol. The molecule has 2 rings (SSSR count). The van der Waals surface area contributed by atoms with E-state index in [0.717, 1.165) is 31.6 Å². The highest BCUT2D eigenvalue weighted by atomic mass is 35.5. The third-order valence-corrected chi connectivity index (χ3v) is 4.44. The molecule has 18 heavy (non-hydrogen) atoms. The van der Waals surface area contributed by atoms with E-state index in [0.29, 0.717) is 5.56 Å². The van der Waals surface area contributed by atoms with Crippen molar-refractivity contribution in [3.05, 3.63) is 31.6 Å². The third kappa shape index (κ3) is 2.39. The summed E-state index contributed by atoms with van der Waals surface area (Å²) >= 11 is 5.81. The fourth-order valence-electron chi connectivity index (χ4n) is 2.76. The maximum Gasteiger partial charge on any atom is 0.329 e. The Morgan fingerprint density at radius 2 is 1.89 bits per heavy atom. The minimum absolute atomic E-state index is 0.0278. The van der Waals surface area contributed by atoms with E-state index in [1.54, 1.807) is 6.92 Å². The summed E-state index contributed by atoms with van der Waals surface area (Å²) in [6.07, 6.45) is 5.17. The average molecular weight is 271 g/mol. The molecule has 1 aliphatic carbocycles.